The van der Waals surface area contributed by atoms with E-state index in [1.165, 1.54) is 17.7 Å². The van der Waals surface area contributed by atoms with Gasteiger partial charge in [0.25, 0.3) is 0 Å². The molecule has 0 spiro atoms. The average molecular weight is 620 g/mol. The SMILES string of the molecule is CCOc1ccc(C[C@H]2c3cc(OCC)c(OCC)cc3CCN2C(=O)CN2CCN(c3ccc(F)cc3)CC2)cc1OCC. The zero-order chi connectivity index (χ0) is 31.8. The van der Waals surface area contributed by atoms with Gasteiger partial charge in [0.2, 0.25) is 5.91 Å². The van der Waals surface area contributed by atoms with Crippen LogP contribution in [0.3, 0.4) is 0 Å². The molecule has 0 saturated carbocycles. The van der Waals surface area contributed by atoms with E-state index in [1.807, 2.05) is 56.9 Å². The summed E-state index contributed by atoms with van der Waals surface area (Å²) >= 11 is 0. The number of benzene rings is 3. The minimum Gasteiger partial charge on any atom is -0.490 e. The maximum atomic E-state index is 14.1. The molecular formula is C36H46FN3O5. The van der Waals surface area contributed by atoms with Crippen molar-refractivity contribution in [2.75, 3.05) is 70.6 Å². The van der Waals surface area contributed by atoms with E-state index in [4.69, 9.17) is 18.9 Å². The van der Waals surface area contributed by atoms with E-state index in [-0.39, 0.29) is 17.8 Å². The van der Waals surface area contributed by atoms with Gasteiger partial charge in [-0.05, 0) is 106 Å². The summed E-state index contributed by atoms with van der Waals surface area (Å²) in [7, 11) is 0. The fourth-order valence-electron chi connectivity index (χ4n) is 6.31. The Morgan fingerprint density at radius 2 is 1.33 bits per heavy atom. The second kappa shape index (κ2) is 15.3. The van der Waals surface area contributed by atoms with Crippen molar-refractivity contribution in [3.8, 4) is 23.0 Å². The highest BCUT2D eigenvalue weighted by molar-refractivity contribution is 5.79. The van der Waals surface area contributed by atoms with Gasteiger partial charge in [-0.15, -0.1) is 0 Å². The van der Waals surface area contributed by atoms with E-state index in [0.717, 1.165) is 60.9 Å². The number of hydrogen-bond acceptors (Lipinski definition) is 7. The Bertz CT molecular complexity index is 1420. The second-order valence-electron chi connectivity index (χ2n) is 11.3. The zero-order valence-corrected chi connectivity index (χ0v) is 27.0. The highest BCUT2D eigenvalue weighted by Crippen LogP contribution is 2.41. The zero-order valence-electron chi connectivity index (χ0n) is 27.0. The van der Waals surface area contributed by atoms with Gasteiger partial charge in [0.15, 0.2) is 23.0 Å². The number of hydrogen-bond donors (Lipinski definition) is 0. The van der Waals surface area contributed by atoms with Gasteiger partial charge < -0.3 is 28.7 Å². The molecule has 3 aromatic carbocycles. The minimum absolute atomic E-state index is 0.115. The van der Waals surface area contributed by atoms with Crippen LogP contribution in [-0.4, -0.2) is 81.4 Å². The lowest BCUT2D eigenvalue weighted by Gasteiger charge is -2.40. The average Bonchev–Trinajstić information content (AvgIpc) is 3.04. The molecule has 0 unspecified atom stereocenters. The van der Waals surface area contributed by atoms with Crippen molar-refractivity contribution in [3.63, 3.8) is 0 Å². The minimum atomic E-state index is -0.234. The summed E-state index contributed by atoms with van der Waals surface area (Å²) in [6.45, 7) is 14.1. The Kier molecular flexibility index (Phi) is 11.1. The molecule has 8 nitrogen and oxygen atoms in total. The van der Waals surface area contributed by atoms with Gasteiger partial charge in [-0.2, -0.15) is 0 Å². The fourth-order valence-corrected chi connectivity index (χ4v) is 6.31. The number of amides is 1. The number of carbonyl (C=O) groups excluding carboxylic acids is 1. The summed E-state index contributed by atoms with van der Waals surface area (Å²) in [5.41, 5.74) is 4.35. The van der Waals surface area contributed by atoms with Gasteiger partial charge in [-0.1, -0.05) is 6.07 Å². The lowest BCUT2D eigenvalue weighted by atomic mass is 9.88. The Balaban J connectivity index is 1.39. The van der Waals surface area contributed by atoms with E-state index >= 15 is 0 Å². The predicted molar refractivity (Wildman–Crippen MR) is 174 cm³/mol. The molecule has 1 amide bonds. The first-order chi connectivity index (χ1) is 21.9. The number of nitrogens with zero attached hydrogens (tertiary/aromatic N) is 3. The van der Waals surface area contributed by atoms with Gasteiger partial charge in [-0.25, -0.2) is 4.39 Å². The molecule has 0 N–H and O–H groups in total. The van der Waals surface area contributed by atoms with Gasteiger partial charge in [0.1, 0.15) is 5.82 Å². The van der Waals surface area contributed by atoms with Crippen LogP contribution in [0.15, 0.2) is 54.6 Å². The van der Waals surface area contributed by atoms with Crippen LogP contribution < -0.4 is 23.8 Å². The standard InChI is InChI=1S/C36H46FN3O5/c1-5-42-32-14-9-26(22-33(32)43-6-2)21-31-30-24-35(45-8-4)34(44-7-3)23-27(30)15-16-40(31)36(41)25-38-17-19-39(20-18-38)29-12-10-28(37)11-13-29/h9-14,22-24,31H,5-8,15-21,25H2,1-4H3/t31-/m0/s1. The highest BCUT2D eigenvalue weighted by Gasteiger charge is 2.34. The molecule has 1 atom stereocenters. The fraction of sp³-hybridized carbons (Fsp3) is 0.472. The lowest BCUT2D eigenvalue weighted by Crippen LogP contribution is -2.51. The topological polar surface area (TPSA) is 63.7 Å². The highest BCUT2D eigenvalue weighted by atomic mass is 19.1. The van der Waals surface area contributed by atoms with Crippen LogP contribution in [0.1, 0.15) is 50.4 Å². The van der Waals surface area contributed by atoms with Gasteiger partial charge >= 0.3 is 0 Å². The third-order valence-corrected chi connectivity index (χ3v) is 8.44. The Hall–Kier alpha value is -3.98. The molecule has 1 fully saturated rings. The van der Waals surface area contributed by atoms with Crippen LogP contribution in [0.4, 0.5) is 10.1 Å². The molecule has 0 radical (unpaired) electrons. The molecule has 0 aliphatic carbocycles. The first kappa shape index (κ1) is 32.4. The number of halogens is 1. The Labute approximate surface area is 266 Å². The number of ether oxygens (including phenoxy) is 4. The van der Waals surface area contributed by atoms with Crippen molar-refractivity contribution >= 4 is 11.6 Å². The van der Waals surface area contributed by atoms with Crippen molar-refractivity contribution in [3.05, 3.63) is 77.1 Å². The summed E-state index contributed by atoms with van der Waals surface area (Å²) in [6.07, 6.45) is 1.37. The third-order valence-electron chi connectivity index (χ3n) is 8.44. The van der Waals surface area contributed by atoms with E-state index in [1.54, 1.807) is 0 Å². The number of piperazine rings is 1. The molecular weight excluding hydrogens is 573 g/mol. The van der Waals surface area contributed by atoms with Gasteiger partial charge in [-0.3, -0.25) is 9.69 Å². The molecule has 2 aliphatic heterocycles. The predicted octanol–water partition coefficient (Wildman–Crippen LogP) is 5.91. The maximum Gasteiger partial charge on any atom is 0.237 e. The summed E-state index contributed by atoms with van der Waals surface area (Å²) in [6, 6.07) is 16.7. The molecule has 242 valence electrons. The van der Waals surface area contributed by atoms with Crippen LogP contribution in [0.25, 0.3) is 0 Å². The van der Waals surface area contributed by atoms with Crippen molar-refractivity contribution in [1.29, 1.82) is 0 Å². The molecule has 0 bridgehead atoms. The molecule has 0 aromatic heterocycles. The second-order valence-corrected chi connectivity index (χ2v) is 11.3. The van der Waals surface area contributed by atoms with Crippen molar-refractivity contribution in [1.82, 2.24) is 9.80 Å². The normalized spacial score (nSPS) is 16.7. The smallest absolute Gasteiger partial charge is 0.237 e. The summed E-state index contributed by atoms with van der Waals surface area (Å²) in [5, 5.41) is 0. The number of rotatable bonds is 13. The monoisotopic (exact) mass is 619 g/mol. The molecule has 45 heavy (non-hydrogen) atoms. The number of fused-ring (bicyclic) bond motifs is 1. The third kappa shape index (κ3) is 7.82. The van der Waals surface area contributed by atoms with Crippen LogP contribution in [0.5, 0.6) is 23.0 Å². The van der Waals surface area contributed by atoms with Crippen LogP contribution in [0.2, 0.25) is 0 Å². The maximum absolute atomic E-state index is 14.1. The molecule has 1 saturated heterocycles. The van der Waals surface area contributed by atoms with Crippen LogP contribution >= 0.6 is 0 Å². The van der Waals surface area contributed by atoms with E-state index in [9.17, 15) is 9.18 Å². The van der Waals surface area contributed by atoms with E-state index < -0.39 is 0 Å². The number of carbonyl (C=O) groups is 1. The molecule has 2 aliphatic rings. The van der Waals surface area contributed by atoms with Crippen molar-refractivity contribution in [2.45, 2.75) is 46.6 Å². The lowest BCUT2D eigenvalue weighted by molar-refractivity contribution is -0.135. The van der Waals surface area contributed by atoms with E-state index in [2.05, 4.69) is 28.0 Å². The molecule has 2 heterocycles. The molecule has 5 rings (SSSR count). The largest absolute Gasteiger partial charge is 0.490 e. The first-order valence-corrected chi connectivity index (χ1v) is 16.3. The Morgan fingerprint density at radius 3 is 1.98 bits per heavy atom. The summed E-state index contributed by atoms with van der Waals surface area (Å²) in [4.78, 5) is 20.6. The Morgan fingerprint density at radius 1 is 0.733 bits per heavy atom. The van der Waals surface area contributed by atoms with E-state index in [0.29, 0.717) is 57.4 Å². The van der Waals surface area contributed by atoms with Gasteiger partial charge in [0, 0.05) is 38.4 Å². The molecule has 3 aromatic rings. The summed E-state index contributed by atoms with van der Waals surface area (Å²) in [5.74, 6) is 2.77. The number of anilines is 1. The van der Waals surface area contributed by atoms with Crippen LogP contribution in [-0.2, 0) is 17.6 Å². The van der Waals surface area contributed by atoms with Crippen molar-refractivity contribution < 1.29 is 28.1 Å². The van der Waals surface area contributed by atoms with Crippen LogP contribution in [0, 0.1) is 5.82 Å². The van der Waals surface area contributed by atoms with Crippen molar-refractivity contribution in [2.24, 2.45) is 0 Å². The first-order valence-electron chi connectivity index (χ1n) is 16.3. The van der Waals surface area contributed by atoms with Gasteiger partial charge in [0.05, 0.1) is 39.0 Å². The molecule has 9 heteroatoms. The summed E-state index contributed by atoms with van der Waals surface area (Å²) < 4.78 is 37.1. The quantitative estimate of drug-likeness (QED) is 0.236.